The van der Waals surface area contributed by atoms with Crippen molar-refractivity contribution in [2.75, 3.05) is 13.7 Å². The number of nitrogens with zero attached hydrogens (tertiary/aromatic N) is 2. The Balaban J connectivity index is 2.39. The van der Waals surface area contributed by atoms with Crippen LogP contribution >= 0.6 is 0 Å². The molecule has 116 valence electrons. The molecule has 22 heavy (non-hydrogen) atoms. The Morgan fingerprint density at radius 2 is 1.91 bits per heavy atom. The maximum Gasteiger partial charge on any atom is 0.342 e. The molecule has 0 aliphatic carbocycles. The number of rotatable bonds is 5. The Labute approximate surface area is 128 Å². The average Bonchev–Trinajstić information content (AvgIpc) is 2.84. The van der Waals surface area contributed by atoms with Crippen molar-refractivity contribution in [1.29, 1.82) is 0 Å². The fourth-order valence-electron chi connectivity index (χ4n) is 2.18. The second kappa shape index (κ2) is 6.89. The summed E-state index contributed by atoms with van der Waals surface area (Å²) in [6, 6.07) is 9.41. The molecule has 1 aromatic carbocycles. The minimum Gasteiger partial charge on any atom is -0.465 e. The SMILES string of the molecule is COC(=O)c1c(-c2ccccc2)nn(CCOC(C)=O)c1C. The van der Waals surface area contributed by atoms with E-state index in [1.165, 1.54) is 14.0 Å². The highest BCUT2D eigenvalue weighted by Gasteiger charge is 2.22. The van der Waals surface area contributed by atoms with Crippen LogP contribution in [0.25, 0.3) is 11.3 Å². The van der Waals surface area contributed by atoms with E-state index in [-0.39, 0.29) is 12.6 Å². The van der Waals surface area contributed by atoms with Crippen LogP contribution in [0.2, 0.25) is 0 Å². The molecule has 0 N–H and O–H groups in total. The van der Waals surface area contributed by atoms with Crippen molar-refractivity contribution in [3.63, 3.8) is 0 Å². The number of aromatic nitrogens is 2. The molecule has 1 aromatic heterocycles. The van der Waals surface area contributed by atoms with Crippen LogP contribution in [0.5, 0.6) is 0 Å². The Morgan fingerprint density at radius 1 is 1.23 bits per heavy atom. The smallest absolute Gasteiger partial charge is 0.342 e. The average molecular weight is 302 g/mol. The molecule has 6 nitrogen and oxygen atoms in total. The molecule has 0 amide bonds. The van der Waals surface area contributed by atoms with E-state index in [1.54, 1.807) is 11.6 Å². The zero-order valence-corrected chi connectivity index (χ0v) is 12.8. The second-order valence-corrected chi connectivity index (χ2v) is 4.73. The van der Waals surface area contributed by atoms with Crippen molar-refractivity contribution in [2.45, 2.75) is 20.4 Å². The fraction of sp³-hybridized carbons (Fsp3) is 0.312. The van der Waals surface area contributed by atoms with Crippen molar-refractivity contribution in [2.24, 2.45) is 0 Å². The first-order valence-electron chi connectivity index (χ1n) is 6.89. The van der Waals surface area contributed by atoms with Gasteiger partial charge in [0.2, 0.25) is 0 Å². The molecule has 0 bridgehead atoms. The van der Waals surface area contributed by atoms with E-state index in [2.05, 4.69) is 5.10 Å². The molecule has 0 spiro atoms. The summed E-state index contributed by atoms with van der Waals surface area (Å²) in [5, 5.41) is 4.47. The summed E-state index contributed by atoms with van der Waals surface area (Å²) >= 11 is 0. The number of hydrogen-bond acceptors (Lipinski definition) is 5. The predicted octanol–water partition coefficient (Wildman–Crippen LogP) is 2.21. The maximum absolute atomic E-state index is 12.1. The third-order valence-corrected chi connectivity index (χ3v) is 3.25. The molecule has 0 aliphatic heterocycles. The number of carbonyl (C=O) groups is 2. The Morgan fingerprint density at radius 3 is 2.50 bits per heavy atom. The van der Waals surface area contributed by atoms with Gasteiger partial charge in [0, 0.05) is 12.5 Å². The van der Waals surface area contributed by atoms with Gasteiger partial charge in [-0.25, -0.2) is 4.79 Å². The van der Waals surface area contributed by atoms with Crippen LogP contribution in [-0.2, 0) is 20.8 Å². The van der Waals surface area contributed by atoms with Crippen LogP contribution in [0.4, 0.5) is 0 Å². The summed E-state index contributed by atoms with van der Waals surface area (Å²) in [5.74, 6) is -0.781. The monoisotopic (exact) mass is 302 g/mol. The maximum atomic E-state index is 12.1. The zero-order valence-electron chi connectivity index (χ0n) is 12.8. The Hall–Kier alpha value is -2.63. The highest BCUT2D eigenvalue weighted by atomic mass is 16.5. The predicted molar refractivity (Wildman–Crippen MR) is 80.4 cm³/mol. The van der Waals surface area contributed by atoms with E-state index in [1.807, 2.05) is 30.3 Å². The number of methoxy groups -OCH3 is 1. The molecule has 0 radical (unpaired) electrons. The molecule has 1 heterocycles. The van der Waals surface area contributed by atoms with Gasteiger partial charge in [0.25, 0.3) is 0 Å². The summed E-state index contributed by atoms with van der Waals surface area (Å²) in [4.78, 5) is 22.9. The van der Waals surface area contributed by atoms with E-state index < -0.39 is 5.97 Å². The molecule has 0 atom stereocenters. The normalized spacial score (nSPS) is 10.3. The van der Waals surface area contributed by atoms with Gasteiger partial charge < -0.3 is 9.47 Å². The van der Waals surface area contributed by atoms with Crippen LogP contribution in [0.3, 0.4) is 0 Å². The van der Waals surface area contributed by atoms with Gasteiger partial charge in [0.1, 0.15) is 17.9 Å². The van der Waals surface area contributed by atoms with E-state index >= 15 is 0 Å². The second-order valence-electron chi connectivity index (χ2n) is 4.73. The third-order valence-electron chi connectivity index (χ3n) is 3.25. The Kier molecular flexibility index (Phi) is 4.93. The van der Waals surface area contributed by atoms with Crippen molar-refractivity contribution < 1.29 is 19.1 Å². The largest absolute Gasteiger partial charge is 0.465 e. The van der Waals surface area contributed by atoms with Crippen molar-refractivity contribution in [3.05, 3.63) is 41.6 Å². The summed E-state index contributed by atoms with van der Waals surface area (Å²) in [5.41, 5.74) is 2.50. The first kappa shape index (κ1) is 15.8. The molecular formula is C16H18N2O4. The van der Waals surface area contributed by atoms with Gasteiger partial charge in [-0.05, 0) is 6.92 Å². The molecule has 2 rings (SSSR count). The van der Waals surface area contributed by atoms with Gasteiger partial charge in [-0.1, -0.05) is 30.3 Å². The van der Waals surface area contributed by atoms with Crippen LogP contribution in [0.1, 0.15) is 23.0 Å². The number of carbonyl (C=O) groups excluding carboxylic acids is 2. The van der Waals surface area contributed by atoms with Crippen molar-refractivity contribution in [3.8, 4) is 11.3 Å². The van der Waals surface area contributed by atoms with Crippen LogP contribution in [0.15, 0.2) is 30.3 Å². The highest BCUT2D eigenvalue weighted by molar-refractivity contribution is 5.97. The van der Waals surface area contributed by atoms with Gasteiger partial charge in [-0.3, -0.25) is 9.48 Å². The standard InChI is InChI=1S/C16H18N2O4/c1-11-14(16(20)21-3)15(13-7-5-4-6-8-13)17-18(11)9-10-22-12(2)19/h4-8H,9-10H2,1-3H3. The zero-order chi connectivity index (χ0) is 16.1. The summed E-state index contributed by atoms with van der Waals surface area (Å²) in [6.07, 6.45) is 0. The van der Waals surface area contributed by atoms with E-state index in [4.69, 9.17) is 9.47 Å². The minimum atomic E-state index is -0.435. The quantitative estimate of drug-likeness (QED) is 0.792. The molecule has 6 heteroatoms. The molecule has 0 fully saturated rings. The summed E-state index contributed by atoms with van der Waals surface area (Å²) in [6.45, 7) is 3.72. The summed E-state index contributed by atoms with van der Waals surface area (Å²) in [7, 11) is 1.34. The lowest BCUT2D eigenvalue weighted by atomic mass is 10.1. The third kappa shape index (κ3) is 3.33. The van der Waals surface area contributed by atoms with Gasteiger partial charge >= 0.3 is 11.9 Å². The van der Waals surface area contributed by atoms with E-state index in [0.29, 0.717) is 23.5 Å². The number of hydrogen-bond donors (Lipinski definition) is 0. The first-order chi connectivity index (χ1) is 10.5. The number of benzene rings is 1. The molecule has 0 saturated carbocycles. The number of ether oxygens (including phenoxy) is 2. The highest BCUT2D eigenvalue weighted by Crippen LogP contribution is 2.25. The molecule has 0 aliphatic rings. The van der Waals surface area contributed by atoms with Gasteiger partial charge in [0.05, 0.1) is 19.3 Å². The van der Waals surface area contributed by atoms with E-state index in [9.17, 15) is 9.59 Å². The van der Waals surface area contributed by atoms with Crippen molar-refractivity contribution >= 4 is 11.9 Å². The lowest BCUT2D eigenvalue weighted by Gasteiger charge is -2.05. The minimum absolute atomic E-state index is 0.201. The van der Waals surface area contributed by atoms with Crippen LogP contribution in [0, 0.1) is 6.92 Å². The molecule has 0 unspecified atom stereocenters. The van der Waals surface area contributed by atoms with Gasteiger partial charge in [-0.15, -0.1) is 0 Å². The first-order valence-corrected chi connectivity index (χ1v) is 6.89. The molecule has 2 aromatic rings. The van der Waals surface area contributed by atoms with Crippen LogP contribution < -0.4 is 0 Å². The van der Waals surface area contributed by atoms with Gasteiger partial charge in [-0.2, -0.15) is 5.10 Å². The van der Waals surface area contributed by atoms with Crippen LogP contribution in [-0.4, -0.2) is 35.4 Å². The van der Waals surface area contributed by atoms with E-state index in [0.717, 1.165) is 5.56 Å². The summed E-state index contributed by atoms with van der Waals surface area (Å²) < 4.78 is 11.4. The Bertz CT molecular complexity index is 677. The van der Waals surface area contributed by atoms with Crippen molar-refractivity contribution in [1.82, 2.24) is 9.78 Å². The molecular weight excluding hydrogens is 284 g/mol. The topological polar surface area (TPSA) is 70.4 Å². The number of esters is 2. The lowest BCUT2D eigenvalue weighted by Crippen LogP contribution is -2.12. The lowest BCUT2D eigenvalue weighted by molar-refractivity contribution is -0.141. The molecule has 0 saturated heterocycles. The fourth-order valence-corrected chi connectivity index (χ4v) is 2.18. The van der Waals surface area contributed by atoms with Gasteiger partial charge in [0.15, 0.2) is 0 Å².